The third-order valence-electron chi connectivity index (χ3n) is 8.14. The third kappa shape index (κ3) is 3.65. The van der Waals surface area contributed by atoms with Crippen LogP contribution < -0.4 is 14.8 Å². The Balaban J connectivity index is 1.15. The van der Waals surface area contributed by atoms with Gasteiger partial charge in [-0.3, -0.25) is 9.59 Å². The lowest BCUT2D eigenvalue weighted by Gasteiger charge is -2.40. The van der Waals surface area contributed by atoms with E-state index in [-0.39, 0.29) is 29.9 Å². The number of amides is 2. The molecule has 6 heteroatoms. The van der Waals surface area contributed by atoms with Crippen LogP contribution in [0.1, 0.15) is 72.3 Å². The van der Waals surface area contributed by atoms with Gasteiger partial charge in [-0.05, 0) is 79.2 Å². The number of hydrogen-bond donors (Lipinski definition) is 1. The Morgan fingerprint density at radius 1 is 1.03 bits per heavy atom. The van der Waals surface area contributed by atoms with Gasteiger partial charge >= 0.3 is 0 Å². The van der Waals surface area contributed by atoms with Gasteiger partial charge in [0.1, 0.15) is 0 Å². The van der Waals surface area contributed by atoms with Crippen LogP contribution in [-0.4, -0.2) is 42.6 Å². The summed E-state index contributed by atoms with van der Waals surface area (Å²) >= 11 is 0. The second kappa shape index (κ2) is 8.08. The molecule has 4 aliphatic rings. The molecule has 2 heterocycles. The summed E-state index contributed by atoms with van der Waals surface area (Å²) in [4.78, 5) is 27.8. The molecule has 1 N–H and O–H groups in total. The lowest BCUT2D eigenvalue weighted by molar-refractivity contribution is -0.122. The number of rotatable bonds is 4. The number of fused-ring (bicyclic) bond motifs is 3. The Hall–Kier alpha value is -3.02. The smallest absolute Gasteiger partial charge is 0.253 e. The standard InChI is InChI=1S/C27H30N2O4/c30-25(28-20-4-3-5-20)15-19-16-27(22-7-2-1-6-21(19)22)10-12-29(13-11-27)26(31)18-8-9-23-24(14-18)33-17-32-23/h1-2,6-9,14,19-20H,3-5,10-13,15-17H2,(H,28,30)/t19-/m0/s1. The zero-order valence-corrected chi connectivity index (χ0v) is 18.8. The number of benzene rings is 2. The number of nitrogens with one attached hydrogen (secondary N) is 1. The fourth-order valence-corrected chi connectivity index (χ4v) is 6.10. The fourth-order valence-electron chi connectivity index (χ4n) is 6.10. The molecule has 2 aliphatic carbocycles. The predicted octanol–water partition coefficient (Wildman–Crippen LogP) is 4.14. The molecule has 0 radical (unpaired) electrons. The molecule has 1 saturated carbocycles. The van der Waals surface area contributed by atoms with Gasteiger partial charge in [0.2, 0.25) is 12.7 Å². The van der Waals surface area contributed by atoms with Crippen molar-refractivity contribution in [2.75, 3.05) is 19.9 Å². The first kappa shape index (κ1) is 20.6. The molecule has 0 aromatic heterocycles. The molecule has 2 aliphatic heterocycles. The minimum Gasteiger partial charge on any atom is -0.454 e. The maximum absolute atomic E-state index is 13.2. The fraction of sp³-hybridized carbons (Fsp3) is 0.481. The SMILES string of the molecule is O=C(C[C@H]1CC2(CCN(C(=O)c3ccc4c(c3)OCO4)CC2)c2ccccc21)NC1CCC1. The normalized spacial score (nSPS) is 22.7. The summed E-state index contributed by atoms with van der Waals surface area (Å²) in [6, 6.07) is 14.5. The molecule has 2 aromatic rings. The van der Waals surface area contributed by atoms with E-state index < -0.39 is 0 Å². The van der Waals surface area contributed by atoms with Crippen molar-refractivity contribution in [3.63, 3.8) is 0 Å². The molecule has 2 amide bonds. The molecule has 1 saturated heterocycles. The van der Waals surface area contributed by atoms with Gasteiger partial charge in [-0.1, -0.05) is 24.3 Å². The van der Waals surface area contributed by atoms with Crippen LogP contribution in [0.15, 0.2) is 42.5 Å². The first-order valence-electron chi connectivity index (χ1n) is 12.2. The van der Waals surface area contributed by atoms with Gasteiger partial charge in [0.25, 0.3) is 5.91 Å². The van der Waals surface area contributed by atoms with Crippen LogP contribution in [0.2, 0.25) is 0 Å². The van der Waals surface area contributed by atoms with E-state index in [1.54, 1.807) is 6.07 Å². The van der Waals surface area contributed by atoms with Gasteiger partial charge in [0, 0.05) is 31.1 Å². The quantitative estimate of drug-likeness (QED) is 0.767. The lowest BCUT2D eigenvalue weighted by Crippen LogP contribution is -2.44. The first-order valence-corrected chi connectivity index (χ1v) is 12.2. The predicted molar refractivity (Wildman–Crippen MR) is 124 cm³/mol. The summed E-state index contributed by atoms with van der Waals surface area (Å²) in [5.41, 5.74) is 3.43. The molecular weight excluding hydrogens is 416 g/mol. The van der Waals surface area contributed by atoms with Gasteiger partial charge in [0.15, 0.2) is 11.5 Å². The first-order chi connectivity index (χ1) is 16.1. The van der Waals surface area contributed by atoms with E-state index in [4.69, 9.17) is 9.47 Å². The second-order valence-corrected chi connectivity index (χ2v) is 10.0. The van der Waals surface area contributed by atoms with Gasteiger partial charge in [-0.25, -0.2) is 0 Å². The highest BCUT2D eigenvalue weighted by Crippen LogP contribution is 2.52. The van der Waals surface area contributed by atoms with E-state index in [0.29, 0.717) is 29.5 Å². The van der Waals surface area contributed by atoms with Crippen LogP contribution in [-0.2, 0) is 10.2 Å². The van der Waals surface area contributed by atoms with Crippen molar-refractivity contribution in [1.29, 1.82) is 0 Å². The van der Waals surface area contributed by atoms with Crippen LogP contribution in [0.25, 0.3) is 0 Å². The Morgan fingerprint density at radius 2 is 1.82 bits per heavy atom. The molecule has 1 atom stereocenters. The average molecular weight is 447 g/mol. The van der Waals surface area contributed by atoms with Gasteiger partial charge in [-0.2, -0.15) is 0 Å². The van der Waals surface area contributed by atoms with Crippen molar-refractivity contribution in [3.05, 3.63) is 59.2 Å². The van der Waals surface area contributed by atoms with E-state index in [1.807, 2.05) is 17.0 Å². The summed E-state index contributed by atoms with van der Waals surface area (Å²) in [5.74, 6) is 1.83. The number of nitrogens with zero attached hydrogens (tertiary/aromatic N) is 1. The molecular formula is C27H30N2O4. The topological polar surface area (TPSA) is 67.9 Å². The van der Waals surface area contributed by atoms with Gasteiger partial charge < -0.3 is 19.7 Å². The van der Waals surface area contributed by atoms with E-state index in [1.165, 1.54) is 17.5 Å². The second-order valence-electron chi connectivity index (χ2n) is 10.0. The molecule has 2 fully saturated rings. The zero-order chi connectivity index (χ0) is 22.4. The molecule has 0 unspecified atom stereocenters. The van der Waals surface area contributed by atoms with Crippen LogP contribution >= 0.6 is 0 Å². The lowest BCUT2D eigenvalue weighted by atomic mass is 9.73. The number of carbonyl (C=O) groups excluding carboxylic acids is 2. The summed E-state index contributed by atoms with van der Waals surface area (Å²) in [5, 5.41) is 3.21. The highest BCUT2D eigenvalue weighted by molar-refractivity contribution is 5.95. The molecule has 1 spiro atoms. The maximum Gasteiger partial charge on any atom is 0.253 e. The summed E-state index contributed by atoms with van der Waals surface area (Å²) in [6.45, 7) is 1.66. The van der Waals surface area contributed by atoms with E-state index in [9.17, 15) is 9.59 Å². The highest BCUT2D eigenvalue weighted by atomic mass is 16.7. The van der Waals surface area contributed by atoms with Crippen LogP contribution in [0, 0.1) is 0 Å². The van der Waals surface area contributed by atoms with Crippen LogP contribution in [0.5, 0.6) is 11.5 Å². The molecule has 2 aromatic carbocycles. The minimum absolute atomic E-state index is 0.0471. The molecule has 172 valence electrons. The largest absolute Gasteiger partial charge is 0.454 e. The van der Waals surface area contributed by atoms with Crippen LogP contribution in [0.3, 0.4) is 0 Å². The molecule has 6 nitrogen and oxygen atoms in total. The van der Waals surface area contributed by atoms with Gasteiger partial charge in [0.05, 0.1) is 0 Å². The van der Waals surface area contributed by atoms with E-state index in [2.05, 4.69) is 29.6 Å². The Kier molecular flexibility index (Phi) is 5.04. The van der Waals surface area contributed by atoms with Crippen LogP contribution in [0.4, 0.5) is 0 Å². The number of likely N-dealkylation sites (tertiary alicyclic amines) is 1. The third-order valence-corrected chi connectivity index (χ3v) is 8.14. The van der Waals surface area contributed by atoms with E-state index in [0.717, 1.165) is 45.2 Å². The Labute approximate surface area is 194 Å². The minimum atomic E-state index is 0.0471. The van der Waals surface area contributed by atoms with Crippen molar-refractivity contribution in [2.24, 2.45) is 0 Å². The van der Waals surface area contributed by atoms with Gasteiger partial charge in [-0.15, -0.1) is 0 Å². The molecule has 0 bridgehead atoms. The van der Waals surface area contributed by atoms with Crippen molar-refractivity contribution in [1.82, 2.24) is 10.2 Å². The Bertz CT molecular complexity index is 1090. The summed E-state index contributed by atoms with van der Waals surface area (Å²) in [6.07, 6.45) is 6.88. The molecule has 33 heavy (non-hydrogen) atoms. The van der Waals surface area contributed by atoms with Crippen molar-refractivity contribution in [2.45, 2.75) is 62.3 Å². The average Bonchev–Trinajstić information content (AvgIpc) is 3.39. The van der Waals surface area contributed by atoms with Crippen molar-refractivity contribution in [3.8, 4) is 11.5 Å². The van der Waals surface area contributed by atoms with Crippen molar-refractivity contribution < 1.29 is 19.1 Å². The van der Waals surface area contributed by atoms with E-state index >= 15 is 0 Å². The summed E-state index contributed by atoms with van der Waals surface area (Å²) in [7, 11) is 0. The van der Waals surface area contributed by atoms with Crippen molar-refractivity contribution >= 4 is 11.8 Å². The number of carbonyl (C=O) groups is 2. The monoisotopic (exact) mass is 446 g/mol. The number of piperidine rings is 1. The zero-order valence-electron chi connectivity index (χ0n) is 18.8. The molecule has 6 rings (SSSR count). The Morgan fingerprint density at radius 3 is 2.61 bits per heavy atom. The number of hydrogen-bond acceptors (Lipinski definition) is 4. The highest BCUT2D eigenvalue weighted by Gasteiger charge is 2.46. The summed E-state index contributed by atoms with van der Waals surface area (Å²) < 4.78 is 10.8. The maximum atomic E-state index is 13.2. The number of ether oxygens (including phenoxy) is 2.